The van der Waals surface area contributed by atoms with Crippen LogP contribution in [0.1, 0.15) is 18.1 Å². The molecular weight excluding hydrogens is 534 g/mol. The lowest BCUT2D eigenvalue weighted by Gasteiger charge is -2.15. The average Bonchev–Trinajstić information content (AvgIpc) is 3.00. The molecule has 0 bridgehead atoms. The first-order chi connectivity index (χ1) is 15.3. The summed E-state index contributed by atoms with van der Waals surface area (Å²) in [5.74, 6) is -0.779. The molecule has 8 nitrogen and oxygen atoms in total. The van der Waals surface area contributed by atoms with E-state index in [0.29, 0.717) is 32.8 Å². The van der Waals surface area contributed by atoms with E-state index in [1.165, 1.54) is 25.3 Å². The van der Waals surface area contributed by atoms with E-state index in [-0.39, 0.29) is 18.1 Å². The van der Waals surface area contributed by atoms with Crippen LogP contribution in [-0.4, -0.2) is 43.1 Å². The molecule has 1 saturated heterocycles. The summed E-state index contributed by atoms with van der Waals surface area (Å²) in [5.41, 5.74) is 1.27. The van der Waals surface area contributed by atoms with Gasteiger partial charge in [0.25, 0.3) is 5.91 Å². The predicted octanol–water partition coefficient (Wildman–Crippen LogP) is 3.47. The zero-order valence-electron chi connectivity index (χ0n) is 17.3. The summed E-state index contributed by atoms with van der Waals surface area (Å²) in [6, 6.07) is 8.82. The van der Waals surface area contributed by atoms with Gasteiger partial charge in [0.15, 0.2) is 11.5 Å². The lowest BCUT2D eigenvalue weighted by Crippen LogP contribution is -2.36. The van der Waals surface area contributed by atoms with Gasteiger partial charge in [-0.2, -0.15) is 0 Å². The van der Waals surface area contributed by atoms with Crippen molar-refractivity contribution in [3.05, 3.63) is 62.6 Å². The second-order valence-electron chi connectivity index (χ2n) is 6.64. The number of esters is 1. The Balaban J connectivity index is 1.84. The molecule has 2 aromatic carbocycles. The first-order valence-corrected chi connectivity index (χ1v) is 10.6. The van der Waals surface area contributed by atoms with Crippen molar-refractivity contribution >= 4 is 46.6 Å². The molecule has 0 aliphatic carbocycles. The fraction of sp³-hybridized carbons (Fsp3) is 0.227. The van der Waals surface area contributed by atoms with E-state index in [0.717, 1.165) is 4.90 Å². The molecule has 3 amide bonds. The number of ether oxygens (including phenoxy) is 3. The average molecular weight is 554 g/mol. The molecule has 0 saturated carbocycles. The van der Waals surface area contributed by atoms with Gasteiger partial charge >= 0.3 is 12.0 Å². The number of halogens is 2. The molecule has 1 aliphatic rings. The van der Waals surface area contributed by atoms with Crippen molar-refractivity contribution in [2.75, 3.05) is 20.3 Å². The second kappa shape index (κ2) is 10.4. The van der Waals surface area contributed by atoms with E-state index in [1.54, 1.807) is 24.3 Å². The molecule has 1 fully saturated rings. The molecule has 2 aromatic rings. The Morgan fingerprint density at radius 3 is 2.69 bits per heavy atom. The first-order valence-electron chi connectivity index (χ1n) is 9.57. The second-order valence-corrected chi connectivity index (χ2v) is 7.80. The summed E-state index contributed by atoms with van der Waals surface area (Å²) in [4.78, 5) is 36.7. The van der Waals surface area contributed by atoms with Gasteiger partial charge < -0.3 is 19.5 Å². The molecule has 1 heterocycles. The Bertz CT molecular complexity index is 1090. The largest absolute Gasteiger partial charge is 0.490 e. The predicted molar refractivity (Wildman–Crippen MR) is 121 cm³/mol. The third-order valence-corrected chi connectivity index (χ3v) is 5.19. The van der Waals surface area contributed by atoms with Crippen molar-refractivity contribution in [3.8, 4) is 11.5 Å². The lowest BCUT2D eigenvalue weighted by molar-refractivity contribution is -0.143. The third-order valence-electron chi connectivity index (χ3n) is 4.39. The summed E-state index contributed by atoms with van der Waals surface area (Å²) in [5, 5.41) is 2.45. The summed E-state index contributed by atoms with van der Waals surface area (Å²) in [7, 11) is 1.17. The standard InChI is InChI=1S/C22H20FIN2O6/c1-3-31-18-10-14(9-17-21(28)26(22(29)25-17)11-19(27)30-2)8-16(24)20(18)32-12-13-5-4-6-15(23)7-13/h4-10H,3,11-12H2,1-2H3,(H,25,29)/b17-9+. The number of hydrogen-bond donors (Lipinski definition) is 1. The third kappa shape index (κ3) is 5.55. The maximum Gasteiger partial charge on any atom is 0.329 e. The Hall–Kier alpha value is -3.15. The maximum atomic E-state index is 13.4. The molecule has 1 N–H and O–H groups in total. The molecule has 3 rings (SSSR count). The minimum absolute atomic E-state index is 0.0191. The maximum absolute atomic E-state index is 13.4. The van der Waals surface area contributed by atoms with Gasteiger partial charge in [0.2, 0.25) is 0 Å². The van der Waals surface area contributed by atoms with E-state index in [1.807, 2.05) is 6.92 Å². The number of benzene rings is 2. The Labute approximate surface area is 197 Å². The minimum atomic E-state index is -0.707. The van der Waals surface area contributed by atoms with Crippen molar-refractivity contribution < 1.29 is 33.0 Å². The van der Waals surface area contributed by atoms with Gasteiger partial charge in [-0.25, -0.2) is 14.1 Å². The van der Waals surface area contributed by atoms with Crippen LogP contribution in [0.15, 0.2) is 42.1 Å². The first kappa shape index (κ1) is 23.5. The van der Waals surface area contributed by atoms with Gasteiger partial charge in [-0.1, -0.05) is 12.1 Å². The highest BCUT2D eigenvalue weighted by Crippen LogP contribution is 2.35. The van der Waals surface area contributed by atoms with Crippen molar-refractivity contribution in [1.82, 2.24) is 10.2 Å². The van der Waals surface area contributed by atoms with E-state index >= 15 is 0 Å². The summed E-state index contributed by atoms with van der Waals surface area (Å²) >= 11 is 2.07. The molecule has 0 aromatic heterocycles. The van der Waals surface area contributed by atoms with Crippen LogP contribution in [-0.2, 0) is 20.9 Å². The molecule has 0 radical (unpaired) electrons. The zero-order valence-corrected chi connectivity index (χ0v) is 19.5. The van der Waals surface area contributed by atoms with E-state index in [4.69, 9.17) is 9.47 Å². The van der Waals surface area contributed by atoms with Crippen molar-refractivity contribution in [3.63, 3.8) is 0 Å². The number of carbonyl (C=O) groups is 3. The van der Waals surface area contributed by atoms with Crippen LogP contribution in [0, 0.1) is 9.39 Å². The van der Waals surface area contributed by atoms with Crippen LogP contribution in [0.4, 0.5) is 9.18 Å². The topological polar surface area (TPSA) is 94.2 Å². The van der Waals surface area contributed by atoms with Gasteiger partial charge in [0.1, 0.15) is 24.7 Å². The highest BCUT2D eigenvalue weighted by Gasteiger charge is 2.35. The molecular formula is C22H20FIN2O6. The van der Waals surface area contributed by atoms with Crippen molar-refractivity contribution in [1.29, 1.82) is 0 Å². The number of methoxy groups -OCH3 is 1. The van der Waals surface area contributed by atoms with Gasteiger partial charge in [-0.3, -0.25) is 9.59 Å². The molecule has 0 spiro atoms. The van der Waals surface area contributed by atoms with Gasteiger partial charge in [-0.05, 0) is 71.0 Å². The zero-order chi connectivity index (χ0) is 23.3. The molecule has 168 valence electrons. The van der Waals surface area contributed by atoms with Crippen LogP contribution in [0.2, 0.25) is 0 Å². The Morgan fingerprint density at radius 2 is 2.00 bits per heavy atom. The number of amides is 3. The fourth-order valence-electron chi connectivity index (χ4n) is 2.93. The Kier molecular flexibility index (Phi) is 7.67. The number of rotatable bonds is 8. The number of hydrogen-bond acceptors (Lipinski definition) is 6. The molecule has 1 aliphatic heterocycles. The monoisotopic (exact) mass is 554 g/mol. The summed E-state index contributed by atoms with van der Waals surface area (Å²) < 4.78 is 30.2. The van der Waals surface area contributed by atoms with Crippen LogP contribution in [0.5, 0.6) is 11.5 Å². The molecule has 10 heteroatoms. The van der Waals surface area contributed by atoms with Crippen LogP contribution in [0.25, 0.3) is 6.08 Å². The molecule has 32 heavy (non-hydrogen) atoms. The van der Waals surface area contributed by atoms with E-state index < -0.39 is 24.5 Å². The van der Waals surface area contributed by atoms with Crippen LogP contribution < -0.4 is 14.8 Å². The highest BCUT2D eigenvalue weighted by molar-refractivity contribution is 14.1. The number of carbonyl (C=O) groups excluding carboxylic acids is 3. The normalized spacial score (nSPS) is 14.5. The van der Waals surface area contributed by atoms with Crippen molar-refractivity contribution in [2.45, 2.75) is 13.5 Å². The van der Waals surface area contributed by atoms with Crippen LogP contribution >= 0.6 is 22.6 Å². The van der Waals surface area contributed by atoms with Crippen molar-refractivity contribution in [2.24, 2.45) is 0 Å². The van der Waals surface area contributed by atoms with E-state index in [9.17, 15) is 18.8 Å². The van der Waals surface area contributed by atoms with Gasteiger partial charge in [0.05, 0.1) is 17.3 Å². The van der Waals surface area contributed by atoms with Crippen LogP contribution in [0.3, 0.4) is 0 Å². The SMILES string of the molecule is CCOc1cc(/C=C2/NC(=O)N(CC(=O)OC)C2=O)cc(I)c1OCc1cccc(F)c1. The number of imide groups is 1. The quantitative estimate of drug-likeness (QED) is 0.233. The Morgan fingerprint density at radius 1 is 1.22 bits per heavy atom. The number of nitrogens with zero attached hydrogens (tertiary/aromatic N) is 1. The number of urea groups is 1. The molecule has 0 unspecified atom stereocenters. The number of nitrogens with one attached hydrogen (secondary N) is 1. The van der Waals surface area contributed by atoms with Gasteiger partial charge in [-0.15, -0.1) is 0 Å². The summed E-state index contributed by atoms with van der Waals surface area (Å²) in [6.07, 6.45) is 1.48. The van der Waals surface area contributed by atoms with E-state index in [2.05, 4.69) is 32.6 Å². The molecule has 0 atom stereocenters. The minimum Gasteiger partial charge on any atom is -0.490 e. The van der Waals surface area contributed by atoms with Gasteiger partial charge in [0, 0.05) is 0 Å². The lowest BCUT2D eigenvalue weighted by atomic mass is 10.1. The smallest absolute Gasteiger partial charge is 0.329 e. The summed E-state index contributed by atoms with van der Waals surface area (Å²) in [6.45, 7) is 1.85. The fourth-order valence-corrected chi connectivity index (χ4v) is 3.71. The highest BCUT2D eigenvalue weighted by atomic mass is 127.